The average molecular weight is 546 g/mol. The molecule has 38 heavy (non-hydrogen) atoms. The second-order valence-corrected chi connectivity index (χ2v) is 11.8. The van der Waals surface area contributed by atoms with Crippen molar-refractivity contribution in [2.24, 2.45) is 10.8 Å². The molecule has 0 N–H and O–H groups in total. The molecule has 5 heterocycles. The summed E-state index contributed by atoms with van der Waals surface area (Å²) in [6.07, 6.45) is -6.54. The van der Waals surface area contributed by atoms with Crippen molar-refractivity contribution in [2.75, 3.05) is 39.3 Å². The Labute approximate surface area is 211 Å². The van der Waals surface area contributed by atoms with Crippen LogP contribution in [0.4, 0.5) is 31.1 Å². The lowest BCUT2D eigenvalue weighted by atomic mass is 9.60. The Balaban J connectivity index is 0.845. The van der Waals surface area contributed by atoms with Crippen molar-refractivity contribution in [1.82, 2.24) is 39.6 Å². The van der Waals surface area contributed by atoms with E-state index in [4.69, 9.17) is 4.52 Å². The fourth-order valence-corrected chi connectivity index (χ4v) is 6.64. The second kappa shape index (κ2) is 7.39. The summed E-state index contributed by atoms with van der Waals surface area (Å²) in [5, 5.41) is 7.13. The molecular weight excluding hydrogens is 522 g/mol. The van der Waals surface area contributed by atoms with Crippen molar-refractivity contribution in [3.05, 3.63) is 23.9 Å². The summed E-state index contributed by atoms with van der Waals surface area (Å²) in [5.74, 6) is -1.25. The number of likely N-dealkylation sites (tertiary alicyclic amines) is 3. The van der Waals surface area contributed by atoms with Crippen LogP contribution in [0.25, 0.3) is 0 Å². The molecule has 0 aromatic carbocycles. The van der Waals surface area contributed by atoms with E-state index in [-0.39, 0.29) is 54.0 Å². The summed E-state index contributed by atoms with van der Waals surface area (Å²) in [6.45, 7) is 4.06. The molecule has 2 amide bonds. The summed E-state index contributed by atoms with van der Waals surface area (Å²) in [4.78, 5) is 25.8. The largest absolute Gasteiger partial charge is 0.453 e. The van der Waals surface area contributed by atoms with Crippen molar-refractivity contribution >= 4 is 6.03 Å². The van der Waals surface area contributed by atoms with Crippen LogP contribution in [0, 0.1) is 10.8 Å². The average Bonchev–Trinajstić information content (AvgIpc) is 3.17. The van der Waals surface area contributed by atoms with Crippen LogP contribution < -0.4 is 0 Å². The Hall–Kier alpha value is -2.91. The molecule has 7 rings (SSSR count). The molecule has 0 atom stereocenters. The maximum atomic E-state index is 13.3. The van der Waals surface area contributed by atoms with Crippen LogP contribution in [-0.4, -0.2) is 91.1 Å². The number of carbonyl (C=O) groups is 1. The highest BCUT2D eigenvalue weighted by atomic mass is 19.4. The monoisotopic (exact) mass is 546 g/mol. The van der Waals surface area contributed by atoms with Gasteiger partial charge in [0.2, 0.25) is 5.89 Å². The molecule has 2 spiro atoms. The number of carbonyl (C=O) groups excluding carboxylic acids is 1. The number of amides is 2. The van der Waals surface area contributed by atoms with Crippen LogP contribution in [0.5, 0.6) is 0 Å². The third-order valence-corrected chi connectivity index (χ3v) is 8.79. The topological polar surface area (TPSA) is 96.4 Å². The predicted octanol–water partition coefficient (Wildman–Crippen LogP) is 2.85. The number of urea groups is 1. The first-order valence-electron chi connectivity index (χ1n) is 12.4. The summed E-state index contributed by atoms with van der Waals surface area (Å²) in [7, 11) is 0. The summed E-state index contributed by atoms with van der Waals surface area (Å²) >= 11 is 0. The van der Waals surface area contributed by atoms with Crippen LogP contribution >= 0.6 is 0 Å². The van der Waals surface area contributed by atoms with E-state index < -0.39 is 23.6 Å². The molecule has 0 radical (unpaired) electrons. The van der Waals surface area contributed by atoms with E-state index in [2.05, 4.69) is 20.2 Å². The standard InChI is InChI=1S/C22H24F6N8O2/c23-21(24,25)16-29-12-36(31-16)13-3-18(4-13)8-34(9-18)17(37)35-10-19(11-35)6-33(7-19)5-14-30-15(32-38-14)20(1-2-20)22(26,27)28/h12-13H,1-11H2. The maximum absolute atomic E-state index is 13.3. The number of nitrogens with zero attached hydrogens (tertiary/aromatic N) is 8. The van der Waals surface area contributed by atoms with Gasteiger partial charge in [-0.1, -0.05) is 5.16 Å². The first-order chi connectivity index (χ1) is 17.8. The summed E-state index contributed by atoms with van der Waals surface area (Å²) in [5.41, 5.74) is -2.03. The van der Waals surface area contributed by atoms with Crippen LogP contribution in [-0.2, 0) is 18.1 Å². The third-order valence-electron chi connectivity index (χ3n) is 8.79. The Bertz CT molecular complexity index is 1260. The zero-order valence-electron chi connectivity index (χ0n) is 20.1. The van der Waals surface area contributed by atoms with Gasteiger partial charge >= 0.3 is 18.4 Å². The SMILES string of the molecule is O=C(N1CC2(CC(n3cnc(C(F)(F)F)n3)C2)C1)N1CC2(CN(Cc3nc(C4(C(F)(F)F)CC4)no3)C2)C1. The molecule has 16 heteroatoms. The minimum absolute atomic E-state index is 0.0183. The molecule has 2 aromatic rings. The molecule has 0 unspecified atom stereocenters. The molecule has 0 bridgehead atoms. The summed E-state index contributed by atoms with van der Waals surface area (Å²) < 4.78 is 84.3. The van der Waals surface area contributed by atoms with Crippen LogP contribution in [0.1, 0.15) is 49.3 Å². The Kier molecular flexibility index (Phi) is 4.69. The quantitative estimate of drug-likeness (QED) is 0.545. The predicted molar refractivity (Wildman–Crippen MR) is 113 cm³/mol. The lowest BCUT2D eigenvalue weighted by Gasteiger charge is -2.63. The molecule has 206 valence electrons. The van der Waals surface area contributed by atoms with Gasteiger partial charge in [0.15, 0.2) is 5.82 Å². The molecule has 10 nitrogen and oxygen atoms in total. The number of halogens is 6. The van der Waals surface area contributed by atoms with E-state index in [9.17, 15) is 31.1 Å². The van der Waals surface area contributed by atoms with Gasteiger partial charge in [0.1, 0.15) is 11.7 Å². The number of rotatable bonds is 4. The summed E-state index contributed by atoms with van der Waals surface area (Å²) in [6, 6.07) is -0.172. The molecular formula is C22H24F6N8O2. The van der Waals surface area contributed by atoms with Crippen molar-refractivity contribution in [3.8, 4) is 0 Å². The fourth-order valence-electron chi connectivity index (χ4n) is 6.64. The van der Waals surface area contributed by atoms with Crippen molar-refractivity contribution < 1.29 is 35.7 Å². The van der Waals surface area contributed by atoms with Crippen molar-refractivity contribution in [3.63, 3.8) is 0 Å². The van der Waals surface area contributed by atoms with Gasteiger partial charge in [0.25, 0.3) is 5.82 Å². The Morgan fingerprint density at radius 1 is 0.974 bits per heavy atom. The molecule has 2 saturated carbocycles. The van der Waals surface area contributed by atoms with E-state index >= 15 is 0 Å². The van der Waals surface area contributed by atoms with Crippen LogP contribution in [0.2, 0.25) is 0 Å². The van der Waals surface area contributed by atoms with E-state index in [0.717, 1.165) is 6.33 Å². The van der Waals surface area contributed by atoms with E-state index in [1.807, 2.05) is 4.90 Å². The Morgan fingerprint density at radius 2 is 1.61 bits per heavy atom. The smallest absolute Gasteiger partial charge is 0.338 e. The number of aromatic nitrogens is 5. The molecule has 2 aromatic heterocycles. The zero-order chi connectivity index (χ0) is 26.7. The number of alkyl halides is 6. The van der Waals surface area contributed by atoms with Gasteiger partial charge in [-0.25, -0.2) is 14.5 Å². The van der Waals surface area contributed by atoms with Gasteiger partial charge in [0.05, 0.1) is 12.6 Å². The minimum Gasteiger partial charge on any atom is -0.338 e. The first kappa shape index (κ1) is 24.2. The zero-order valence-corrected chi connectivity index (χ0v) is 20.1. The molecule has 3 aliphatic heterocycles. The van der Waals surface area contributed by atoms with E-state index in [1.165, 1.54) is 4.68 Å². The number of hydrogen-bond donors (Lipinski definition) is 0. The van der Waals surface area contributed by atoms with E-state index in [0.29, 0.717) is 52.1 Å². The fraction of sp³-hybridized carbons (Fsp3) is 0.773. The normalized spacial score (nSPS) is 25.6. The van der Waals surface area contributed by atoms with Crippen molar-refractivity contribution in [2.45, 2.75) is 56.0 Å². The van der Waals surface area contributed by atoms with Gasteiger partial charge in [-0.15, -0.1) is 5.10 Å². The molecule has 2 aliphatic carbocycles. The highest BCUT2D eigenvalue weighted by molar-refractivity contribution is 5.77. The second-order valence-electron chi connectivity index (χ2n) is 11.8. The lowest BCUT2D eigenvalue weighted by molar-refractivity contribution is -0.162. The van der Waals surface area contributed by atoms with Crippen molar-refractivity contribution in [1.29, 1.82) is 0 Å². The van der Waals surface area contributed by atoms with Gasteiger partial charge in [-0.3, -0.25) is 4.90 Å². The van der Waals surface area contributed by atoms with Crippen LogP contribution in [0.3, 0.4) is 0 Å². The van der Waals surface area contributed by atoms with E-state index in [1.54, 1.807) is 9.80 Å². The van der Waals surface area contributed by atoms with Gasteiger partial charge in [0, 0.05) is 50.1 Å². The highest BCUT2D eigenvalue weighted by Crippen LogP contribution is 2.58. The highest BCUT2D eigenvalue weighted by Gasteiger charge is 2.67. The molecule has 5 fully saturated rings. The van der Waals surface area contributed by atoms with Gasteiger partial charge in [-0.05, 0) is 25.7 Å². The third kappa shape index (κ3) is 3.61. The minimum atomic E-state index is -4.56. The first-order valence-corrected chi connectivity index (χ1v) is 12.4. The number of hydrogen-bond acceptors (Lipinski definition) is 7. The lowest BCUT2D eigenvalue weighted by Crippen LogP contribution is -2.75. The Morgan fingerprint density at radius 3 is 2.16 bits per heavy atom. The van der Waals surface area contributed by atoms with Gasteiger partial charge < -0.3 is 14.3 Å². The maximum Gasteiger partial charge on any atom is 0.453 e. The molecule has 5 aliphatic rings. The van der Waals surface area contributed by atoms with Crippen LogP contribution in [0.15, 0.2) is 10.9 Å². The van der Waals surface area contributed by atoms with Gasteiger partial charge in [-0.2, -0.15) is 31.3 Å². The molecule has 3 saturated heterocycles.